The van der Waals surface area contributed by atoms with Crippen molar-refractivity contribution in [1.29, 1.82) is 5.26 Å². The lowest BCUT2D eigenvalue weighted by Gasteiger charge is -2.23. The van der Waals surface area contributed by atoms with Crippen LogP contribution in [-0.2, 0) is 0 Å². The maximum atomic E-state index is 9.98. The fraction of sp³-hybridized carbons (Fsp3) is 0.226. The molecule has 7 nitrogen and oxygen atoms in total. The van der Waals surface area contributed by atoms with Crippen molar-refractivity contribution in [3.63, 3.8) is 0 Å². The molecule has 0 spiro atoms. The molecule has 1 aromatic heterocycles. The number of pyridine rings is 1. The Balaban J connectivity index is 1.40. The quantitative estimate of drug-likeness (QED) is 0.187. The van der Waals surface area contributed by atoms with Crippen LogP contribution in [-0.4, -0.2) is 16.0 Å². The van der Waals surface area contributed by atoms with E-state index in [9.17, 15) is 5.26 Å². The lowest BCUT2D eigenvalue weighted by atomic mass is 10.0. The van der Waals surface area contributed by atoms with Crippen LogP contribution in [0.2, 0.25) is 5.02 Å². The smallest absolute Gasteiger partial charge is 0.103 e. The zero-order valence-corrected chi connectivity index (χ0v) is 22.4. The van der Waals surface area contributed by atoms with E-state index >= 15 is 0 Å². The maximum Gasteiger partial charge on any atom is 0.103 e. The van der Waals surface area contributed by atoms with Crippen LogP contribution in [0, 0.1) is 11.3 Å². The third kappa shape index (κ3) is 5.22. The number of nitrogens with one attached hydrogen (secondary N) is 4. The molecule has 4 N–H and O–H groups in total. The van der Waals surface area contributed by atoms with Crippen molar-refractivity contribution in [3.05, 3.63) is 113 Å². The van der Waals surface area contributed by atoms with Gasteiger partial charge in [0.05, 0.1) is 39.6 Å². The van der Waals surface area contributed by atoms with Crippen molar-refractivity contribution in [2.75, 3.05) is 10.6 Å². The molecule has 3 aromatic carbocycles. The number of aromatic nitrogens is 1. The minimum absolute atomic E-state index is 0.0312. The van der Waals surface area contributed by atoms with Gasteiger partial charge in [-0.3, -0.25) is 9.99 Å². The Kier molecular flexibility index (Phi) is 6.97. The van der Waals surface area contributed by atoms with Crippen LogP contribution < -0.4 is 21.6 Å². The normalized spacial score (nSPS) is 16.2. The molecule has 1 saturated carbocycles. The highest BCUT2D eigenvalue weighted by molar-refractivity contribution is 6.35. The van der Waals surface area contributed by atoms with Gasteiger partial charge in [0.2, 0.25) is 0 Å². The predicted octanol–water partition coefficient (Wildman–Crippen LogP) is 6.80. The van der Waals surface area contributed by atoms with Gasteiger partial charge in [-0.2, -0.15) is 5.26 Å². The summed E-state index contributed by atoms with van der Waals surface area (Å²) in [5, 5.41) is 20.8. The summed E-state index contributed by atoms with van der Waals surface area (Å²) in [5.74, 6) is 0. The van der Waals surface area contributed by atoms with E-state index in [1.165, 1.54) is 12.8 Å². The highest BCUT2D eigenvalue weighted by Crippen LogP contribution is 2.38. The van der Waals surface area contributed by atoms with Crippen LogP contribution in [0.3, 0.4) is 0 Å². The first-order valence-electron chi connectivity index (χ1n) is 13.3. The van der Waals surface area contributed by atoms with Crippen LogP contribution in [0.4, 0.5) is 11.4 Å². The van der Waals surface area contributed by atoms with Gasteiger partial charge in [-0.15, -0.1) is 5.53 Å². The zero-order chi connectivity index (χ0) is 26.8. The fourth-order valence-corrected chi connectivity index (χ4v) is 5.32. The summed E-state index contributed by atoms with van der Waals surface area (Å²) in [5.41, 5.74) is 12.6. The molecule has 0 amide bonds. The van der Waals surface area contributed by atoms with Crippen LogP contribution in [0.15, 0.2) is 90.9 Å². The van der Waals surface area contributed by atoms with Crippen LogP contribution in [0.5, 0.6) is 0 Å². The first kappa shape index (κ1) is 25.1. The first-order chi connectivity index (χ1) is 19.1. The Morgan fingerprint density at radius 3 is 2.44 bits per heavy atom. The second kappa shape index (κ2) is 10.9. The van der Waals surface area contributed by atoms with E-state index < -0.39 is 0 Å². The predicted molar refractivity (Wildman–Crippen MR) is 157 cm³/mol. The number of hydrogen-bond donors (Lipinski definition) is 4. The molecule has 2 aliphatic rings. The third-order valence-electron chi connectivity index (χ3n) is 7.28. The molecule has 1 aliphatic heterocycles. The highest BCUT2D eigenvalue weighted by Gasteiger charge is 2.32. The number of hydrazine groups is 2. The molecule has 2 heterocycles. The van der Waals surface area contributed by atoms with E-state index in [0.29, 0.717) is 22.1 Å². The summed E-state index contributed by atoms with van der Waals surface area (Å²) in [4.78, 5) is 4.55. The second-order valence-electron chi connectivity index (χ2n) is 9.98. The topological polar surface area (TPSA) is 88.0 Å². The van der Waals surface area contributed by atoms with E-state index in [1.54, 1.807) is 6.20 Å². The van der Waals surface area contributed by atoms with Gasteiger partial charge in [-0.25, -0.2) is 0 Å². The van der Waals surface area contributed by atoms with Gasteiger partial charge in [0.1, 0.15) is 6.07 Å². The summed E-state index contributed by atoms with van der Waals surface area (Å²) in [6, 6.07) is 27.3. The molecule has 2 atom stereocenters. The molecule has 1 fully saturated rings. The monoisotopic (exact) mass is 535 g/mol. The van der Waals surface area contributed by atoms with Gasteiger partial charge in [-0.1, -0.05) is 79.2 Å². The SMILES string of the molecule is CC[C@@H](Nc1c(C#N)cnc2c(Cl)cc(NC(C3=CN(C4CC4)NN3)c3ccccc3)cc12)c1ccccc1. The summed E-state index contributed by atoms with van der Waals surface area (Å²) in [6.07, 6.45) is 6.96. The zero-order valence-electron chi connectivity index (χ0n) is 21.7. The lowest BCUT2D eigenvalue weighted by molar-refractivity contribution is 0.260. The maximum absolute atomic E-state index is 9.98. The largest absolute Gasteiger partial charge is 0.377 e. The lowest BCUT2D eigenvalue weighted by Crippen LogP contribution is -2.38. The molecule has 196 valence electrons. The number of nitriles is 1. The molecule has 8 heteroatoms. The van der Waals surface area contributed by atoms with Crippen molar-refractivity contribution >= 4 is 33.9 Å². The number of benzene rings is 3. The van der Waals surface area contributed by atoms with E-state index in [2.05, 4.69) is 75.0 Å². The van der Waals surface area contributed by atoms with Crippen molar-refractivity contribution in [2.45, 2.75) is 44.3 Å². The number of rotatable bonds is 9. The summed E-state index contributed by atoms with van der Waals surface area (Å²) in [7, 11) is 0. The Morgan fingerprint density at radius 2 is 1.77 bits per heavy atom. The number of fused-ring (bicyclic) bond motifs is 1. The molecular formula is C31H30ClN7. The molecule has 0 saturated heterocycles. The fourth-order valence-electron chi connectivity index (χ4n) is 5.06. The number of anilines is 2. The van der Waals surface area contributed by atoms with Crippen molar-refractivity contribution in [2.24, 2.45) is 0 Å². The van der Waals surface area contributed by atoms with Crippen molar-refractivity contribution in [1.82, 2.24) is 21.0 Å². The Hall–Kier alpha value is -4.25. The first-order valence-corrected chi connectivity index (χ1v) is 13.7. The molecule has 0 radical (unpaired) electrons. The van der Waals surface area contributed by atoms with Crippen LogP contribution in [0.25, 0.3) is 10.9 Å². The Morgan fingerprint density at radius 1 is 1.05 bits per heavy atom. The summed E-state index contributed by atoms with van der Waals surface area (Å²) < 4.78 is 0. The van der Waals surface area contributed by atoms with E-state index in [-0.39, 0.29) is 12.1 Å². The Labute approximate surface area is 233 Å². The number of hydrogen-bond acceptors (Lipinski definition) is 7. The van der Waals surface area contributed by atoms with Gasteiger partial charge >= 0.3 is 0 Å². The molecule has 1 aliphatic carbocycles. The van der Waals surface area contributed by atoms with Gasteiger partial charge in [0.15, 0.2) is 0 Å². The summed E-state index contributed by atoms with van der Waals surface area (Å²) in [6.45, 7) is 2.13. The second-order valence-corrected chi connectivity index (χ2v) is 10.4. The minimum Gasteiger partial charge on any atom is -0.377 e. The molecule has 6 rings (SSSR count). The molecule has 1 unspecified atom stereocenters. The van der Waals surface area contributed by atoms with Gasteiger partial charge < -0.3 is 16.1 Å². The van der Waals surface area contributed by atoms with Crippen molar-refractivity contribution < 1.29 is 0 Å². The molecular weight excluding hydrogens is 506 g/mol. The third-order valence-corrected chi connectivity index (χ3v) is 7.56. The molecule has 39 heavy (non-hydrogen) atoms. The minimum atomic E-state index is -0.146. The van der Waals surface area contributed by atoms with E-state index in [4.69, 9.17) is 11.6 Å². The summed E-state index contributed by atoms with van der Waals surface area (Å²) >= 11 is 6.82. The number of halogens is 1. The van der Waals surface area contributed by atoms with Crippen LogP contribution in [0.1, 0.15) is 55.0 Å². The van der Waals surface area contributed by atoms with Gasteiger partial charge in [0, 0.05) is 29.5 Å². The van der Waals surface area contributed by atoms with E-state index in [0.717, 1.165) is 40.0 Å². The molecule has 4 aromatic rings. The Bertz CT molecular complexity index is 1540. The van der Waals surface area contributed by atoms with Crippen molar-refractivity contribution in [3.8, 4) is 6.07 Å². The average molecular weight is 536 g/mol. The highest BCUT2D eigenvalue weighted by atomic mass is 35.5. The molecule has 0 bridgehead atoms. The van der Waals surface area contributed by atoms with Crippen LogP contribution >= 0.6 is 11.6 Å². The van der Waals surface area contributed by atoms with Gasteiger partial charge in [-0.05, 0) is 42.5 Å². The standard InChI is InChI=1S/C31H30ClN7/c1-2-27(20-9-5-3-6-10-20)36-29-22(17-33)18-34-31-25(29)15-23(16-26(31)32)35-30(21-11-7-4-8-12-21)28-19-39(38-37-28)24-13-14-24/h3-12,15-16,18-19,24,27,30,35,37-38H,2,13-14H2,1H3,(H,34,36)/t27-,30?/m1/s1. The van der Waals surface area contributed by atoms with E-state index in [1.807, 2.05) is 48.5 Å². The number of nitrogens with zero attached hydrogens (tertiary/aromatic N) is 3. The van der Waals surface area contributed by atoms with Gasteiger partial charge in [0.25, 0.3) is 0 Å². The average Bonchev–Trinajstić information content (AvgIpc) is 3.72.